The third kappa shape index (κ3) is 5.68. The molecule has 0 saturated heterocycles. The Labute approximate surface area is 142 Å². The molecule has 6 nitrogen and oxygen atoms in total. The Morgan fingerprint density at radius 3 is 2.79 bits per heavy atom. The lowest BCUT2D eigenvalue weighted by Crippen LogP contribution is -2.38. The summed E-state index contributed by atoms with van der Waals surface area (Å²) in [5.41, 5.74) is 1.43. The molecule has 0 bridgehead atoms. The molecule has 0 unspecified atom stereocenters. The van der Waals surface area contributed by atoms with Crippen molar-refractivity contribution in [3.05, 3.63) is 36.2 Å². The van der Waals surface area contributed by atoms with E-state index >= 15 is 0 Å². The van der Waals surface area contributed by atoms with Gasteiger partial charge >= 0.3 is 6.09 Å². The predicted molar refractivity (Wildman–Crippen MR) is 92.3 cm³/mol. The second-order valence-corrected chi connectivity index (χ2v) is 6.73. The summed E-state index contributed by atoms with van der Waals surface area (Å²) in [6, 6.07) is 5.76. The fraction of sp³-hybridized carbons (Fsp3) is 0.500. The molecule has 0 spiro atoms. The van der Waals surface area contributed by atoms with Crippen molar-refractivity contribution in [1.29, 1.82) is 0 Å². The molecule has 130 valence electrons. The molecule has 6 heteroatoms. The smallest absolute Gasteiger partial charge is 0.407 e. The predicted octanol–water partition coefficient (Wildman–Crippen LogP) is 2.61. The number of pyridine rings is 1. The highest BCUT2D eigenvalue weighted by Crippen LogP contribution is 2.19. The quantitative estimate of drug-likeness (QED) is 0.920. The van der Waals surface area contributed by atoms with E-state index in [1.54, 1.807) is 31.9 Å². The zero-order chi connectivity index (χ0) is 17.6. The summed E-state index contributed by atoms with van der Waals surface area (Å²) in [4.78, 5) is 30.0. The highest BCUT2D eigenvalue weighted by Gasteiger charge is 2.20. The van der Waals surface area contributed by atoms with Crippen molar-refractivity contribution >= 4 is 17.6 Å². The number of amides is 2. The topological polar surface area (TPSA) is 71.5 Å². The van der Waals surface area contributed by atoms with Gasteiger partial charge in [0.2, 0.25) is 5.91 Å². The molecule has 0 atom stereocenters. The lowest BCUT2D eigenvalue weighted by atomic mass is 10.1. The highest BCUT2D eigenvalue weighted by atomic mass is 16.6. The Hall–Kier alpha value is -2.37. The maximum absolute atomic E-state index is 12.3. The van der Waals surface area contributed by atoms with Crippen LogP contribution in [0.25, 0.3) is 5.57 Å². The van der Waals surface area contributed by atoms with Crippen molar-refractivity contribution in [2.75, 3.05) is 19.6 Å². The van der Waals surface area contributed by atoms with Crippen LogP contribution in [0.15, 0.2) is 30.5 Å². The van der Waals surface area contributed by atoms with Crippen molar-refractivity contribution in [2.45, 2.75) is 39.2 Å². The number of hydrogen-bond acceptors (Lipinski definition) is 4. The minimum absolute atomic E-state index is 0.0209. The van der Waals surface area contributed by atoms with Gasteiger partial charge in [0.05, 0.1) is 5.69 Å². The number of nitrogens with one attached hydrogen (secondary N) is 1. The molecule has 0 saturated carbocycles. The summed E-state index contributed by atoms with van der Waals surface area (Å²) >= 11 is 0. The number of alkyl carbamates (subject to hydrolysis) is 1. The van der Waals surface area contributed by atoms with E-state index in [4.69, 9.17) is 4.74 Å². The van der Waals surface area contributed by atoms with Crippen LogP contribution in [-0.2, 0) is 9.53 Å². The van der Waals surface area contributed by atoms with Crippen LogP contribution >= 0.6 is 0 Å². The lowest BCUT2D eigenvalue weighted by Gasteiger charge is -2.27. The number of rotatable bonds is 4. The molecule has 0 aromatic carbocycles. The molecular weight excluding hydrogens is 306 g/mol. The first-order valence-electron chi connectivity index (χ1n) is 8.20. The first kappa shape index (κ1) is 18.0. The van der Waals surface area contributed by atoms with Gasteiger partial charge in [0, 0.05) is 32.3 Å². The Morgan fingerprint density at radius 1 is 1.33 bits per heavy atom. The summed E-state index contributed by atoms with van der Waals surface area (Å²) in [6.07, 6.45) is 4.46. The second kappa shape index (κ2) is 7.95. The zero-order valence-corrected chi connectivity index (χ0v) is 14.5. The van der Waals surface area contributed by atoms with Crippen molar-refractivity contribution < 1.29 is 14.3 Å². The Bertz CT molecular complexity index is 606. The fourth-order valence-electron chi connectivity index (χ4n) is 2.44. The molecule has 2 rings (SSSR count). The van der Waals surface area contributed by atoms with Crippen molar-refractivity contribution in [1.82, 2.24) is 15.2 Å². The van der Waals surface area contributed by atoms with E-state index in [2.05, 4.69) is 16.4 Å². The SMILES string of the molecule is CC(C)(C)OC(=O)NCCC(=O)N1CCC=C(c2ccccn2)C1. The molecule has 2 heterocycles. The molecule has 1 aromatic heterocycles. The summed E-state index contributed by atoms with van der Waals surface area (Å²) in [5, 5.41) is 2.62. The highest BCUT2D eigenvalue weighted by molar-refractivity contribution is 5.80. The maximum Gasteiger partial charge on any atom is 0.407 e. The van der Waals surface area contributed by atoms with Gasteiger partial charge in [0.15, 0.2) is 0 Å². The maximum atomic E-state index is 12.3. The summed E-state index contributed by atoms with van der Waals surface area (Å²) < 4.78 is 5.15. The minimum Gasteiger partial charge on any atom is -0.444 e. The van der Waals surface area contributed by atoms with Crippen LogP contribution in [-0.4, -0.2) is 47.1 Å². The molecule has 0 aliphatic carbocycles. The largest absolute Gasteiger partial charge is 0.444 e. The van der Waals surface area contributed by atoms with E-state index in [0.29, 0.717) is 13.1 Å². The summed E-state index contributed by atoms with van der Waals surface area (Å²) in [5.74, 6) is 0.0209. The van der Waals surface area contributed by atoms with E-state index in [9.17, 15) is 9.59 Å². The Balaban J connectivity index is 1.79. The number of ether oxygens (including phenoxy) is 1. The normalized spacial score (nSPS) is 14.8. The molecule has 1 N–H and O–H groups in total. The molecular formula is C18H25N3O3. The van der Waals surface area contributed by atoms with Crippen molar-refractivity contribution in [2.24, 2.45) is 0 Å². The van der Waals surface area contributed by atoms with Gasteiger partial charge in [-0.1, -0.05) is 12.1 Å². The molecule has 0 fully saturated rings. The Kier molecular flexibility index (Phi) is 5.95. The van der Waals surface area contributed by atoms with Crippen LogP contribution in [0.4, 0.5) is 4.79 Å². The van der Waals surface area contributed by atoms with Gasteiger partial charge in [-0.25, -0.2) is 4.79 Å². The van der Waals surface area contributed by atoms with Crippen LogP contribution in [0.1, 0.15) is 39.3 Å². The number of nitrogens with zero attached hydrogens (tertiary/aromatic N) is 2. The molecule has 1 aromatic rings. The molecule has 1 aliphatic rings. The third-order valence-corrected chi connectivity index (χ3v) is 3.50. The van der Waals surface area contributed by atoms with Gasteiger partial charge in [0.25, 0.3) is 0 Å². The number of hydrogen-bond donors (Lipinski definition) is 1. The number of aromatic nitrogens is 1. The van der Waals surface area contributed by atoms with Crippen molar-refractivity contribution in [3.8, 4) is 0 Å². The number of carbonyl (C=O) groups is 2. The minimum atomic E-state index is -0.538. The fourth-order valence-corrected chi connectivity index (χ4v) is 2.44. The molecule has 0 radical (unpaired) electrons. The van der Waals surface area contributed by atoms with Crippen LogP contribution in [0, 0.1) is 0 Å². The van der Waals surface area contributed by atoms with Crippen molar-refractivity contribution in [3.63, 3.8) is 0 Å². The molecule has 2 amide bonds. The van der Waals surface area contributed by atoms with Crippen LogP contribution in [0.3, 0.4) is 0 Å². The van der Waals surface area contributed by atoms with Gasteiger partial charge in [-0.05, 0) is 44.9 Å². The van der Waals surface area contributed by atoms with Gasteiger partial charge < -0.3 is 15.0 Å². The standard InChI is InChI=1S/C18H25N3O3/c1-18(2,3)24-17(23)20-11-9-16(22)21-12-6-7-14(13-21)15-8-4-5-10-19-15/h4-5,7-8,10H,6,9,11-13H2,1-3H3,(H,20,23). The second-order valence-electron chi connectivity index (χ2n) is 6.73. The summed E-state index contributed by atoms with van der Waals surface area (Å²) in [7, 11) is 0. The van der Waals surface area contributed by atoms with Crippen LogP contribution < -0.4 is 5.32 Å². The van der Waals surface area contributed by atoms with E-state index < -0.39 is 11.7 Å². The van der Waals surface area contributed by atoms with Gasteiger partial charge in [-0.3, -0.25) is 9.78 Å². The van der Waals surface area contributed by atoms with Gasteiger partial charge in [-0.2, -0.15) is 0 Å². The van der Waals surface area contributed by atoms with E-state index in [-0.39, 0.29) is 18.9 Å². The van der Waals surface area contributed by atoms with Crippen LogP contribution in [0.5, 0.6) is 0 Å². The number of carbonyl (C=O) groups excluding carboxylic acids is 2. The lowest BCUT2D eigenvalue weighted by molar-refractivity contribution is -0.130. The first-order chi connectivity index (χ1) is 11.3. The monoisotopic (exact) mass is 331 g/mol. The van der Waals surface area contributed by atoms with E-state index in [0.717, 1.165) is 17.7 Å². The van der Waals surface area contributed by atoms with Crippen LogP contribution in [0.2, 0.25) is 0 Å². The molecule has 24 heavy (non-hydrogen) atoms. The first-order valence-corrected chi connectivity index (χ1v) is 8.20. The Morgan fingerprint density at radius 2 is 2.12 bits per heavy atom. The molecule has 1 aliphatic heterocycles. The average Bonchev–Trinajstić information content (AvgIpc) is 2.54. The van der Waals surface area contributed by atoms with E-state index in [1.807, 2.05) is 18.2 Å². The van der Waals surface area contributed by atoms with E-state index in [1.165, 1.54) is 0 Å². The summed E-state index contributed by atoms with van der Waals surface area (Å²) in [6.45, 7) is 6.93. The van der Waals surface area contributed by atoms with Gasteiger partial charge in [0.1, 0.15) is 5.60 Å². The third-order valence-electron chi connectivity index (χ3n) is 3.50. The zero-order valence-electron chi connectivity index (χ0n) is 14.5. The van der Waals surface area contributed by atoms with Gasteiger partial charge in [-0.15, -0.1) is 0 Å². The average molecular weight is 331 g/mol.